The van der Waals surface area contributed by atoms with Gasteiger partial charge in [0, 0.05) is 33.7 Å². The van der Waals surface area contributed by atoms with Gasteiger partial charge >= 0.3 is 5.97 Å². The number of hydrogen-bond donors (Lipinski definition) is 1. The van der Waals surface area contributed by atoms with E-state index in [9.17, 15) is 9.59 Å². The quantitative estimate of drug-likeness (QED) is 0.784. The molecular weight excluding hydrogens is 274 g/mol. The zero-order chi connectivity index (χ0) is 15.4. The second-order valence-corrected chi connectivity index (χ2v) is 5.17. The number of methoxy groups -OCH3 is 1. The number of carbonyl (C=O) groups excluding carboxylic acids is 2. The number of amides is 1. The van der Waals surface area contributed by atoms with Crippen LogP contribution in [-0.2, 0) is 16.1 Å². The van der Waals surface area contributed by atoms with Crippen molar-refractivity contribution in [2.24, 2.45) is 0 Å². The third-order valence-corrected chi connectivity index (χ3v) is 3.58. The highest BCUT2D eigenvalue weighted by Crippen LogP contribution is 2.17. The van der Waals surface area contributed by atoms with Crippen LogP contribution < -0.4 is 5.32 Å². The third-order valence-electron chi connectivity index (χ3n) is 3.58. The first-order valence-corrected chi connectivity index (χ1v) is 6.85. The van der Waals surface area contributed by atoms with Crippen molar-refractivity contribution >= 4 is 11.9 Å². The first-order chi connectivity index (χ1) is 10.0. The lowest BCUT2D eigenvalue weighted by atomic mass is 10.1. The second kappa shape index (κ2) is 6.73. The van der Waals surface area contributed by atoms with Crippen molar-refractivity contribution in [3.8, 4) is 0 Å². The van der Waals surface area contributed by atoms with Gasteiger partial charge in [0.25, 0.3) is 0 Å². The Morgan fingerprint density at radius 3 is 2.95 bits per heavy atom. The first kappa shape index (κ1) is 15.5. The molecule has 0 saturated carbocycles. The summed E-state index contributed by atoms with van der Waals surface area (Å²) < 4.78 is 10.1. The van der Waals surface area contributed by atoms with Crippen molar-refractivity contribution in [2.75, 3.05) is 40.8 Å². The van der Waals surface area contributed by atoms with Gasteiger partial charge in [-0.25, -0.2) is 4.79 Å². The van der Waals surface area contributed by atoms with E-state index in [2.05, 4.69) is 5.32 Å². The van der Waals surface area contributed by atoms with Gasteiger partial charge in [0.1, 0.15) is 17.4 Å². The molecule has 2 heterocycles. The molecule has 1 fully saturated rings. The van der Waals surface area contributed by atoms with E-state index in [1.807, 2.05) is 4.90 Å². The van der Waals surface area contributed by atoms with Crippen molar-refractivity contribution in [3.05, 3.63) is 23.7 Å². The zero-order valence-corrected chi connectivity index (χ0v) is 12.6. The van der Waals surface area contributed by atoms with Crippen LogP contribution in [0.5, 0.6) is 0 Å². The number of piperazine rings is 1. The number of carbonyl (C=O) groups is 2. The van der Waals surface area contributed by atoms with E-state index >= 15 is 0 Å². The molecule has 1 atom stereocenters. The number of furan rings is 1. The molecule has 7 heteroatoms. The maximum Gasteiger partial charge on any atom is 0.341 e. The minimum absolute atomic E-state index is 0.0355. The van der Waals surface area contributed by atoms with E-state index in [-0.39, 0.29) is 11.9 Å². The molecule has 1 unspecified atom stereocenters. The molecule has 116 valence electrons. The van der Waals surface area contributed by atoms with Gasteiger partial charge in [0.15, 0.2) is 0 Å². The van der Waals surface area contributed by atoms with E-state index in [1.54, 1.807) is 25.1 Å². The average molecular weight is 295 g/mol. The van der Waals surface area contributed by atoms with Crippen LogP contribution in [0.4, 0.5) is 0 Å². The second-order valence-electron chi connectivity index (χ2n) is 5.17. The fourth-order valence-corrected chi connectivity index (χ4v) is 2.42. The summed E-state index contributed by atoms with van der Waals surface area (Å²) >= 11 is 0. The van der Waals surface area contributed by atoms with E-state index in [0.717, 1.165) is 6.54 Å². The summed E-state index contributed by atoms with van der Waals surface area (Å²) in [6.45, 7) is 2.51. The predicted molar refractivity (Wildman–Crippen MR) is 75.8 cm³/mol. The Kier molecular flexibility index (Phi) is 4.98. The largest absolute Gasteiger partial charge is 0.467 e. The predicted octanol–water partition coefficient (Wildman–Crippen LogP) is -0.0718. The van der Waals surface area contributed by atoms with Crippen LogP contribution >= 0.6 is 0 Å². The molecule has 1 saturated heterocycles. The maximum atomic E-state index is 12.2. The molecule has 1 aromatic heterocycles. The molecule has 1 aliphatic rings. The molecule has 7 nitrogen and oxygen atoms in total. The van der Waals surface area contributed by atoms with Gasteiger partial charge in [-0.15, -0.1) is 0 Å². The summed E-state index contributed by atoms with van der Waals surface area (Å²) in [7, 11) is 4.81. The van der Waals surface area contributed by atoms with Crippen LogP contribution in [0, 0.1) is 0 Å². The SMILES string of the molecule is COC(=O)c1ccoc1CN1CCNCC1C(=O)N(C)C. The van der Waals surface area contributed by atoms with Gasteiger partial charge in [-0.3, -0.25) is 9.69 Å². The van der Waals surface area contributed by atoms with Crippen LogP contribution in [0.3, 0.4) is 0 Å². The van der Waals surface area contributed by atoms with Gasteiger partial charge in [0.2, 0.25) is 5.91 Å². The zero-order valence-electron chi connectivity index (χ0n) is 12.6. The van der Waals surface area contributed by atoms with E-state index < -0.39 is 5.97 Å². The number of nitrogens with zero attached hydrogens (tertiary/aromatic N) is 2. The van der Waals surface area contributed by atoms with E-state index in [4.69, 9.17) is 9.15 Å². The summed E-state index contributed by atoms with van der Waals surface area (Å²) in [5, 5.41) is 3.22. The molecule has 0 aromatic carbocycles. The molecule has 1 amide bonds. The molecule has 0 spiro atoms. The van der Waals surface area contributed by atoms with Crippen molar-refractivity contribution in [2.45, 2.75) is 12.6 Å². The Hall–Kier alpha value is -1.86. The Balaban J connectivity index is 2.14. The lowest BCUT2D eigenvalue weighted by Crippen LogP contribution is -2.57. The average Bonchev–Trinajstić information content (AvgIpc) is 2.94. The molecule has 2 rings (SSSR count). The Morgan fingerprint density at radius 2 is 2.29 bits per heavy atom. The summed E-state index contributed by atoms with van der Waals surface area (Å²) in [6.07, 6.45) is 1.46. The van der Waals surface area contributed by atoms with Crippen LogP contribution in [0.2, 0.25) is 0 Å². The third kappa shape index (κ3) is 3.43. The number of hydrogen-bond acceptors (Lipinski definition) is 6. The number of rotatable bonds is 4. The summed E-state index contributed by atoms with van der Waals surface area (Å²) in [6, 6.07) is 1.33. The highest BCUT2D eigenvalue weighted by molar-refractivity contribution is 5.90. The molecular formula is C14H21N3O4. The first-order valence-electron chi connectivity index (χ1n) is 6.85. The lowest BCUT2D eigenvalue weighted by molar-refractivity contribution is -0.135. The van der Waals surface area contributed by atoms with Gasteiger partial charge in [0.05, 0.1) is 19.9 Å². The van der Waals surface area contributed by atoms with Gasteiger partial charge < -0.3 is 19.4 Å². The highest BCUT2D eigenvalue weighted by Gasteiger charge is 2.31. The van der Waals surface area contributed by atoms with Crippen LogP contribution in [0.15, 0.2) is 16.7 Å². The van der Waals surface area contributed by atoms with Gasteiger partial charge in [-0.05, 0) is 6.07 Å². The lowest BCUT2D eigenvalue weighted by Gasteiger charge is -2.35. The van der Waals surface area contributed by atoms with Crippen LogP contribution in [0.25, 0.3) is 0 Å². The topological polar surface area (TPSA) is 75.0 Å². The fourth-order valence-electron chi connectivity index (χ4n) is 2.42. The van der Waals surface area contributed by atoms with Crippen molar-refractivity contribution < 1.29 is 18.7 Å². The summed E-state index contributed by atoms with van der Waals surface area (Å²) in [5.74, 6) is 0.137. The smallest absolute Gasteiger partial charge is 0.341 e. The standard InChI is InChI=1S/C14H21N3O4/c1-16(2)13(18)11-8-15-5-6-17(11)9-12-10(4-7-21-12)14(19)20-3/h4,7,11,15H,5-6,8-9H2,1-3H3. The Labute approximate surface area is 123 Å². The van der Waals surface area contributed by atoms with Crippen molar-refractivity contribution in [1.29, 1.82) is 0 Å². The summed E-state index contributed by atoms with van der Waals surface area (Å²) in [5.41, 5.74) is 0.409. The van der Waals surface area contributed by atoms with E-state index in [1.165, 1.54) is 13.4 Å². The number of nitrogens with one attached hydrogen (secondary N) is 1. The highest BCUT2D eigenvalue weighted by atomic mass is 16.5. The molecule has 1 aromatic rings. The maximum absolute atomic E-state index is 12.2. The van der Waals surface area contributed by atoms with Crippen molar-refractivity contribution in [3.63, 3.8) is 0 Å². The molecule has 1 N–H and O–H groups in total. The monoisotopic (exact) mass is 295 g/mol. The van der Waals surface area contributed by atoms with Crippen LogP contribution in [-0.4, -0.2) is 68.6 Å². The normalized spacial score (nSPS) is 19.3. The number of esters is 1. The molecule has 21 heavy (non-hydrogen) atoms. The van der Waals surface area contributed by atoms with Gasteiger partial charge in [-0.1, -0.05) is 0 Å². The molecule has 1 aliphatic heterocycles. The molecule has 0 aliphatic carbocycles. The molecule has 0 bridgehead atoms. The van der Waals surface area contributed by atoms with Gasteiger partial charge in [-0.2, -0.15) is 0 Å². The Bertz CT molecular complexity index is 512. The minimum Gasteiger partial charge on any atom is -0.467 e. The Morgan fingerprint density at radius 1 is 1.52 bits per heavy atom. The summed E-state index contributed by atoms with van der Waals surface area (Å²) in [4.78, 5) is 27.5. The minimum atomic E-state index is -0.427. The van der Waals surface area contributed by atoms with Crippen molar-refractivity contribution in [1.82, 2.24) is 15.1 Å². The fraction of sp³-hybridized carbons (Fsp3) is 0.571. The molecule has 0 radical (unpaired) electrons. The number of ether oxygens (including phenoxy) is 1. The van der Waals surface area contributed by atoms with Crippen LogP contribution in [0.1, 0.15) is 16.1 Å². The number of likely N-dealkylation sites (N-methyl/N-ethyl adjacent to an activating group) is 1. The van der Waals surface area contributed by atoms with E-state index in [0.29, 0.717) is 31.0 Å².